The highest BCUT2D eigenvalue weighted by Crippen LogP contribution is 2.34. The van der Waals surface area contributed by atoms with Crippen LogP contribution in [0.5, 0.6) is 0 Å². The van der Waals surface area contributed by atoms with E-state index in [1.165, 1.54) is 6.20 Å². The molecule has 7 heterocycles. The van der Waals surface area contributed by atoms with E-state index >= 15 is 4.39 Å². The Kier molecular flexibility index (Phi) is 6.30. The molecule has 3 aromatic rings. The minimum Gasteiger partial charge on any atom is -0.381 e. The van der Waals surface area contributed by atoms with E-state index in [0.29, 0.717) is 32.0 Å². The van der Waals surface area contributed by atoms with Gasteiger partial charge in [0, 0.05) is 51.2 Å². The number of nitrogen functional groups attached to an aromatic ring is 1. The molecule has 0 spiro atoms. The summed E-state index contributed by atoms with van der Waals surface area (Å²) in [6.07, 6.45) is 7.72. The fraction of sp³-hybridized carbons (Fsp3) is 0.480. The van der Waals surface area contributed by atoms with Gasteiger partial charge in [-0.3, -0.25) is 14.6 Å². The Morgan fingerprint density at radius 2 is 1.74 bits per heavy atom. The summed E-state index contributed by atoms with van der Waals surface area (Å²) in [6.45, 7) is 4.73. The first-order valence-corrected chi connectivity index (χ1v) is 12.9. The molecule has 3 aromatic heterocycles. The quantitative estimate of drug-likeness (QED) is 0.528. The predicted octanol–water partition coefficient (Wildman–Crippen LogP) is 1.76. The van der Waals surface area contributed by atoms with Gasteiger partial charge >= 0.3 is 0 Å². The number of carbonyl (C=O) groups is 2. The molecule has 2 amide bonds. The predicted molar refractivity (Wildman–Crippen MR) is 136 cm³/mol. The first-order valence-electron chi connectivity index (χ1n) is 12.9. The lowest BCUT2D eigenvalue weighted by Gasteiger charge is -2.38. The fourth-order valence-corrected chi connectivity index (χ4v) is 5.93. The number of hydrogen-bond acceptors (Lipinski definition) is 8. The number of nitrogens with one attached hydrogen (secondary N) is 1. The number of nitrogens with two attached hydrogens (primary N) is 1. The van der Waals surface area contributed by atoms with Gasteiger partial charge in [-0.25, -0.2) is 18.3 Å². The lowest BCUT2D eigenvalue weighted by atomic mass is 9.93. The van der Waals surface area contributed by atoms with Gasteiger partial charge in [0.2, 0.25) is 5.91 Å². The molecule has 38 heavy (non-hydrogen) atoms. The number of hydrogen-bond donors (Lipinski definition) is 2. The zero-order valence-electron chi connectivity index (χ0n) is 20.8. The van der Waals surface area contributed by atoms with E-state index in [0.717, 1.165) is 62.1 Å². The van der Waals surface area contributed by atoms with Gasteiger partial charge < -0.3 is 25.8 Å². The van der Waals surface area contributed by atoms with Crippen molar-refractivity contribution in [2.24, 2.45) is 5.92 Å². The summed E-state index contributed by atoms with van der Waals surface area (Å²) in [7, 11) is 0. The molecule has 4 aliphatic heterocycles. The van der Waals surface area contributed by atoms with Gasteiger partial charge in [-0.1, -0.05) is 0 Å². The normalized spacial score (nSPS) is 22.1. The average molecular weight is 526 g/mol. The molecule has 4 fully saturated rings. The molecule has 4 saturated heterocycles. The lowest BCUT2D eigenvalue weighted by molar-refractivity contribution is -0.138. The number of halogens is 2. The number of piperidine rings is 2. The van der Waals surface area contributed by atoms with E-state index in [-0.39, 0.29) is 40.2 Å². The number of amides is 2. The Balaban J connectivity index is 1.18. The van der Waals surface area contributed by atoms with Crippen molar-refractivity contribution in [3.05, 3.63) is 42.0 Å². The molecule has 0 radical (unpaired) electrons. The van der Waals surface area contributed by atoms with Gasteiger partial charge in [0.15, 0.2) is 23.1 Å². The standard InChI is InChI=1S/C25H29F2N9O2/c26-16-11-30-23-20(22(28)32-36(23)14-16)24(37)31-19-13-29-12-18(27)21(19)34-7-1-15(2-8-34)25(38)35-10-9-33-5-3-17(35)4-6-33/h11-15,17H,1-10H2,(H2,28,32)(H,31,37). The van der Waals surface area contributed by atoms with Crippen molar-refractivity contribution in [2.75, 3.05) is 55.2 Å². The van der Waals surface area contributed by atoms with Gasteiger partial charge in [0.25, 0.3) is 5.91 Å². The molecule has 11 nitrogen and oxygen atoms in total. The number of fused-ring (bicyclic) bond motifs is 5. The van der Waals surface area contributed by atoms with Crippen LogP contribution in [-0.4, -0.2) is 86.5 Å². The first kappa shape index (κ1) is 24.5. The van der Waals surface area contributed by atoms with Crippen molar-refractivity contribution in [3.8, 4) is 0 Å². The maximum absolute atomic E-state index is 15.1. The summed E-state index contributed by atoms with van der Waals surface area (Å²) in [4.78, 5) is 40.7. The van der Waals surface area contributed by atoms with Crippen LogP contribution in [0.3, 0.4) is 0 Å². The Morgan fingerprint density at radius 1 is 0.974 bits per heavy atom. The lowest BCUT2D eigenvalue weighted by Crippen LogP contribution is -2.47. The number of carbonyl (C=O) groups excluding carboxylic acids is 2. The molecule has 0 unspecified atom stereocenters. The summed E-state index contributed by atoms with van der Waals surface area (Å²) in [5, 5.41) is 6.62. The largest absolute Gasteiger partial charge is 0.381 e. The molecule has 200 valence electrons. The monoisotopic (exact) mass is 525 g/mol. The Labute approximate surface area is 217 Å². The molecule has 0 saturated carbocycles. The fourth-order valence-electron chi connectivity index (χ4n) is 5.93. The molecule has 7 rings (SSSR count). The second kappa shape index (κ2) is 9.78. The third-order valence-corrected chi connectivity index (χ3v) is 7.91. The zero-order valence-corrected chi connectivity index (χ0v) is 20.8. The van der Waals surface area contributed by atoms with E-state index in [9.17, 15) is 14.0 Å². The minimum atomic E-state index is -0.665. The van der Waals surface area contributed by atoms with E-state index < -0.39 is 17.5 Å². The van der Waals surface area contributed by atoms with Crippen molar-refractivity contribution < 1.29 is 18.4 Å². The number of nitrogens with zero attached hydrogens (tertiary/aromatic N) is 7. The topological polar surface area (TPSA) is 125 Å². The van der Waals surface area contributed by atoms with E-state index in [2.05, 4.69) is 30.2 Å². The average Bonchev–Trinajstić information content (AvgIpc) is 3.03. The smallest absolute Gasteiger partial charge is 0.263 e. The van der Waals surface area contributed by atoms with E-state index in [1.807, 2.05) is 4.90 Å². The van der Waals surface area contributed by atoms with Crippen LogP contribution >= 0.6 is 0 Å². The van der Waals surface area contributed by atoms with Crippen LogP contribution in [0.1, 0.15) is 36.0 Å². The molecular weight excluding hydrogens is 496 g/mol. The zero-order chi connectivity index (χ0) is 26.4. The molecular formula is C25H29F2N9O2. The highest BCUT2D eigenvalue weighted by molar-refractivity contribution is 6.12. The third kappa shape index (κ3) is 4.40. The molecule has 0 atom stereocenters. The van der Waals surface area contributed by atoms with Gasteiger partial charge in [-0.05, 0) is 25.7 Å². The van der Waals surface area contributed by atoms with Gasteiger partial charge in [-0.2, -0.15) is 0 Å². The first-order chi connectivity index (χ1) is 18.4. The summed E-state index contributed by atoms with van der Waals surface area (Å²) in [6, 6.07) is 0.317. The summed E-state index contributed by atoms with van der Waals surface area (Å²) in [5.41, 5.74) is 6.31. The SMILES string of the molecule is Nc1nn2cc(F)cnc2c1C(=O)Nc1cncc(F)c1N1CCC(C(=O)N2CCN3CCC2CC3)CC1. The number of pyridine rings is 1. The van der Waals surface area contributed by atoms with Crippen LogP contribution in [0.15, 0.2) is 24.8 Å². The Morgan fingerprint density at radius 3 is 2.50 bits per heavy atom. The van der Waals surface area contributed by atoms with Gasteiger partial charge in [-0.15, -0.1) is 5.10 Å². The highest BCUT2D eigenvalue weighted by atomic mass is 19.1. The summed E-state index contributed by atoms with van der Waals surface area (Å²) >= 11 is 0. The second-order valence-corrected chi connectivity index (χ2v) is 10.1. The Hall–Kier alpha value is -3.87. The minimum absolute atomic E-state index is 0.0487. The van der Waals surface area contributed by atoms with Crippen LogP contribution in [0.25, 0.3) is 5.65 Å². The maximum atomic E-state index is 15.1. The van der Waals surface area contributed by atoms with Crippen molar-refractivity contribution >= 4 is 34.7 Å². The van der Waals surface area contributed by atoms with Crippen LogP contribution < -0.4 is 16.0 Å². The van der Waals surface area contributed by atoms with Crippen LogP contribution in [0, 0.1) is 17.6 Å². The van der Waals surface area contributed by atoms with Gasteiger partial charge in [0.1, 0.15) is 11.3 Å². The van der Waals surface area contributed by atoms with Gasteiger partial charge in [0.05, 0.1) is 30.5 Å². The Bertz CT molecular complexity index is 1380. The molecule has 0 aliphatic carbocycles. The van der Waals surface area contributed by atoms with Crippen molar-refractivity contribution in [3.63, 3.8) is 0 Å². The highest BCUT2D eigenvalue weighted by Gasteiger charge is 2.36. The molecule has 4 aliphatic rings. The molecule has 0 aromatic carbocycles. The van der Waals surface area contributed by atoms with Crippen LogP contribution in [0.4, 0.5) is 26.0 Å². The van der Waals surface area contributed by atoms with Crippen molar-refractivity contribution in [1.82, 2.24) is 29.4 Å². The van der Waals surface area contributed by atoms with Crippen molar-refractivity contribution in [1.29, 1.82) is 0 Å². The summed E-state index contributed by atoms with van der Waals surface area (Å²) < 4.78 is 29.7. The third-order valence-electron chi connectivity index (χ3n) is 7.91. The van der Waals surface area contributed by atoms with E-state index in [1.54, 1.807) is 0 Å². The van der Waals surface area contributed by atoms with Crippen molar-refractivity contribution in [2.45, 2.75) is 31.7 Å². The number of aromatic nitrogens is 4. The number of rotatable bonds is 4. The molecule has 13 heteroatoms. The van der Waals surface area contributed by atoms with Crippen LogP contribution in [0.2, 0.25) is 0 Å². The summed E-state index contributed by atoms with van der Waals surface area (Å²) in [5.74, 6) is -1.92. The van der Waals surface area contributed by atoms with E-state index in [4.69, 9.17) is 5.73 Å². The molecule has 2 bridgehead atoms. The second-order valence-electron chi connectivity index (χ2n) is 10.1. The maximum Gasteiger partial charge on any atom is 0.263 e. The molecule has 3 N–H and O–H groups in total. The van der Waals surface area contributed by atoms with Crippen LogP contribution in [-0.2, 0) is 4.79 Å². The number of anilines is 3.